The second kappa shape index (κ2) is 44.0. The smallest absolute Gasteiger partial charge is 0.329 e. The van der Waals surface area contributed by atoms with E-state index >= 15 is 24.0 Å². The highest BCUT2D eigenvalue weighted by atomic mass is 28.4. The van der Waals surface area contributed by atoms with Crippen LogP contribution in [0.5, 0.6) is 0 Å². The second-order valence-corrected chi connectivity index (χ2v) is 43.4. The highest BCUT2D eigenvalue weighted by Gasteiger charge is 2.49. The van der Waals surface area contributed by atoms with Crippen molar-refractivity contribution >= 4 is 92.6 Å². The summed E-state index contributed by atoms with van der Waals surface area (Å²) in [7, 11) is 3.60. The van der Waals surface area contributed by atoms with Crippen LogP contribution < -0.4 is 21.3 Å². The molecule has 1 aliphatic rings. The molecule has 28 heteroatoms. The highest BCUT2D eigenvalue weighted by molar-refractivity contribution is 6.74. The van der Waals surface area contributed by atoms with E-state index in [4.69, 9.17) is 18.6 Å². The summed E-state index contributed by atoms with van der Waals surface area (Å²) in [6.45, 7) is 42.6. The molecule has 0 saturated carbocycles. The number of aromatic amines is 1. The van der Waals surface area contributed by atoms with E-state index < -0.39 is 179 Å². The number of rotatable bonds is 27. The fraction of sp³-hybridized carbons (Fsp3) is 0.778. The molecule has 3 rings (SSSR count). The van der Waals surface area contributed by atoms with Crippen molar-refractivity contribution in [3.8, 4) is 0 Å². The number of fused-ring (bicyclic) bond motifs is 1. The number of benzene rings is 1. The zero-order valence-corrected chi connectivity index (χ0v) is 74.1. The molecule has 5 N–H and O–H groups in total. The summed E-state index contributed by atoms with van der Waals surface area (Å²) >= 11 is 0. The number of ether oxygens (including phenoxy) is 1. The Morgan fingerprint density at radius 3 is 1.37 bits per heavy atom. The Bertz CT molecular complexity index is 3270. The molecule has 1 aliphatic heterocycles. The monoisotopic (exact) mass is 1570 g/mol. The Hall–Kier alpha value is -6.63. The van der Waals surface area contributed by atoms with Crippen molar-refractivity contribution in [1.29, 1.82) is 0 Å². The number of Topliss-reactive ketones (excluding diaryl/α,β-unsaturated/α-hetero) is 1. The van der Waals surface area contributed by atoms with Crippen molar-refractivity contribution < 1.29 is 66.3 Å². The van der Waals surface area contributed by atoms with Crippen LogP contribution in [0.3, 0.4) is 0 Å². The number of H-pyrrole nitrogens is 1. The molecule has 1 aromatic heterocycles. The number of para-hydroxylation sites is 2. The van der Waals surface area contributed by atoms with E-state index in [1.165, 1.54) is 66.7 Å². The number of esters is 1. The lowest BCUT2D eigenvalue weighted by atomic mass is 9.91. The number of cyclic esters (lactones) is 1. The number of nitrogens with zero attached hydrogens (tertiary/aromatic N) is 7. The molecule has 0 unspecified atom stereocenters. The van der Waals surface area contributed by atoms with Crippen LogP contribution in [-0.4, -0.2) is 249 Å². The zero-order chi connectivity index (χ0) is 83.2. The van der Waals surface area contributed by atoms with Gasteiger partial charge in [0.25, 0.3) is 5.91 Å². The number of nitrogens with one attached hydrogen (secondary N) is 5. The largest absolute Gasteiger partial charge is 0.450 e. The van der Waals surface area contributed by atoms with E-state index in [2.05, 4.69) is 67.8 Å². The van der Waals surface area contributed by atoms with E-state index in [1.807, 2.05) is 100 Å². The van der Waals surface area contributed by atoms with Gasteiger partial charge in [0.2, 0.25) is 47.3 Å². The molecule has 0 bridgehead atoms. The van der Waals surface area contributed by atoms with Crippen molar-refractivity contribution in [3.63, 3.8) is 0 Å². The third kappa shape index (κ3) is 27.1. The van der Waals surface area contributed by atoms with Crippen molar-refractivity contribution in [2.75, 3.05) is 55.4 Å². The van der Waals surface area contributed by atoms with Gasteiger partial charge in [-0.1, -0.05) is 158 Å². The summed E-state index contributed by atoms with van der Waals surface area (Å²) in [5.41, 5.74) is 1.53. The van der Waals surface area contributed by atoms with Crippen LogP contribution in [0.1, 0.15) is 197 Å². The van der Waals surface area contributed by atoms with E-state index in [-0.39, 0.29) is 74.7 Å². The number of carbonyl (C=O) groups is 11. The maximum atomic E-state index is 16.6. The first-order chi connectivity index (χ1) is 50.7. The van der Waals surface area contributed by atoms with Crippen LogP contribution in [-0.2, 0) is 72.7 Å². The summed E-state index contributed by atoms with van der Waals surface area (Å²) in [6, 6.07) is 0.268. The Labute approximate surface area is 655 Å². The lowest BCUT2D eigenvalue weighted by Crippen LogP contribution is -2.66. The van der Waals surface area contributed by atoms with Crippen LogP contribution in [0.4, 0.5) is 0 Å². The predicted molar refractivity (Wildman–Crippen MR) is 434 cm³/mol. The molecule has 0 aliphatic carbocycles. The van der Waals surface area contributed by atoms with E-state index in [0.717, 1.165) is 11.0 Å². The maximum absolute atomic E-state index is 16.6. The number of aromatic nitrogens is 2. The van der Waals surface area contributed by atoms with Gasteiger partial charge in [0.1, 0.15) is 54.2 Å². The molecule has 26 nitrogen and oxygen atoms in total. The first kappa shape index (κ1) is 96.6. The number of amides is 9. The average molecular weight is 1570 g/mol. The molecule has 2 aromatic rings. The first-order valence-electron chi connectivity index (χ1n) is 40.5. The quantitative estimate of drug-likeness (QED) is 0.0410. The molecular weight excluding hydrogens is 1420 g/mol. The first-order valence-corrected chi connectivity index (χ1v) is 45.6. The summed E-state index contributed by atoms with van der Waals surface area (Å²) in [5, 5.41) is 11.9. The Morgan fingerprint density at radius 1 is 0.477 bits per heavy atom. The van der Waals surface area contributed by atoms with E-state index in [9.17, 15) is 28.8 Å². The van der Waals surface area contributed by atoms with Gasteiger partial charge >= 0.3 is 5.97 Å². The van der Waals surface area contributed by atoms with Gasteiger partial charge in [0.15, 0.2) is 28.5 Å². The second-order valence-electron chi connectivity index (χ2n) is 34.0. The summed E-state index contributed by atoms with van der Waals surface area (Å²) in [4.78, 5) is 185. The molecule has 2 heterocycles. The molecule has 1 aromatic carbocycles. The molecular formula is C81H144N12O14Si2. The Morgan fingerprint density at radius 2 is 0.908 bits per heavy atom. The fourth-order valence-electron chi connectivity index (χ4n) is 15.0. The maximum Gasteiger partial charge on any atom is 0.329 e. The van der Waals surface area contributed by atoms with Crippen LogP contribution in [0, 0.1) is 47.3 Å². The van der Waals surface area contributed by atoms with Gasteiger partial charge < -0.3 is 64.3 Å². The summed E-state index contributed by atoms with van der Waals surface area (Å²) in [6.07, 6.45) is -2.50. The van der Waals surface area contributed by atoms with Gasteiger partial charge in [-0.25, -0.2) is 9.78 Å². The molecule has 13 atom stereocenters. The van der Waals surface area contributed by atoms with Gasteiger partial charge in [-0.05, 0) is 149 Å². The molecule has 620 valence electrons. The fourth-order valence-corrected chi connectivity index (χ4v) is 20.9. The third-order valence-corrected chi connectivity index (χ3v) is 31.4. The minimum absolute atomic E-state index is 0.0880. The molecule has 0 spiro atoms. The minimum Gasteiger partial charge on any atom is -0.450 e. The number of likely N-dealkylation sites (N-methyl/N-ethyl adjacent to an activating group) is 6. The standard InChI is InChI=1S/C81H144N12O14Si2/c1-30-108(31-2,32-3)106-57(23)67-78(101)89(25)47-58(94)46-88(24)63(42-50(11)12)72(95)85-61(40-48(7)8)76(99)90(26)64(43-51(13)14)73(96)82-56(22)81(104)105-70(54(19)20)80(103)91(27)65(44-52(15)16)74(97)86-62(41-49(9)10)77(100)92(28)68(53(17)18)79(102)93(29)69(75(98)87-67)71(107-109(33-4,34-5)35-6)55(21)45-66-83-59-38-36-37-39-60(59)84-66/h36-39,48-57,61-65,67-71H,30-35,40-47H2,1-29H3,(H,82,96)(H,83,84)(H,85,95)(H,86,97)(H,87,98)/t55-,56+,57-,61-,62+,63+,64-,65-,67+,68-,69-,70+,71-/m1/s1. The van der Waals surface area contributed by atoms with E-state index in [1.54, 1.807) is 46.6 Å². The number of hydrogen-bond acceptors (Lipinski definition) is 16. The van der Waals surface area contributed by atoms with Crippen LogP contribution in [0.15, 0.2) is 24.3 Å². The number of carbonyl (C=O) groups excluding carboxylic acids is 11. The predicted octanol–water partition coefficient (Wildman–Crippen LogP) is 9.61. The lowest BCUT2D eigenvalue weighted by Gasteiger charge is -2.44. The topological polar surface area (TPSA) is 312 Å². The van der Waals surface area contributed by atoms with Crippen molar-refractivity contribution in [2.24, 2.45) is 47.3 Å². The van der Waals surface area contributed by atoms with Gasteiger partial charge in [-0.15, -0.1) is 0 Å². The third-order valence-electron chi connectivity index (χ3n) is 22.0. The van der Waals surface area contributed by atoms with Crippen molar-refractivity contribution in [1.82, 2.24) is 60.6 Å². The molecule has 0 radical (unpaired) electrons. The molecule has 1 saturated heterocycles. The summed E-state index contributed by atoms with van der Waals surface area (Å²) < 4.78 is 20.7. The Kier molecular flexibility index (Phi) is 39.0. The SMILES string of the molecule is CC[Si](CC)(CC)O[C@H]([C@H](C)Cc1nc2ccccc2[nH]1)[C@@H]1C(=O)N[C@@H]([C@@H](C)O[Si](CC)(CC)CC)C(=O)N(C)CC(=O)CN(C)[C@@H](CC(C)C)C(=O)N[C@H](CC(C)C)C(=O)N(C)[C@H](CC(C)C)C(=O)N[C@@H](C)C(=O)O[C@@H](C(C)C)C(=O)N(C)[C@H](CC(C)C)C(=O)N[C@@H](CC(C)C)C(=O)N(C)[C@H](C(C)C)C(=O)N1C. The molecule has 109 heavy (non-hydrogen) atoms. The number of imidazole rings is 1. The number of hydrogen-bond donors (Lipinski definition) is 5. The van der Waals surface area contributed by atoms with Gasteiger partial charge in [-0.2, -0.15) is 0 Å². The van der Waals surface area contributed by atoms with Crippen molar-refractivity contribution in [2.45, 2.75) is 307 Å². The van der Waals surface area contributed by atoms with E-state index in [0.29, 0.717) is 42.1 Å². The Balaban J connectivity index is 2.57. The van der Waals surface area contributed by atoms with Crippen LogP contribution >= 0.6 is 0 Å². The molecule has 1 fully saturated rings. The van der Waals surface area contributed by atoms with Gasteiger partial charge in [-0.3, -0.25) is 52.8 Å². The lowest BCUT2D eigenvalue weighted by molar-refractivity contribution is -0.166. The number of ketones is 1. The molecule has 9 amide bonds. The van der Waals surface area contributed by atoms with Gasteiger partial charge in [0.05, 0.1) is 42.4 Å². The van der Waals surface area contributed by atoms with Crippen molar-refractivity contribution in [3.05, 3.63) is 30.1 Å². The normalized spacial score (nSPS) is 24.4. The minimum atomic E-state index is -2.81. The summed E-state index contributed by atoms with van der Waals surface area (Å²) in [5.74, 6) is -9.32. The van der Waals surface area contributed by atoms with Gasteiger partial charge in [0, 0.05) is 41.7 Å². The van der Waals surface area contributed by atoms with Crippen LogP contribution in [0.25, 0.3) is 11.0 Å². The average Bonchev–Trinajstić information content (AvgIpc) is 1.29. The highest BCUT2D eigenvalue weighted by Crippen LogP contribution is 2.33. The van der Waals surface area contributed by atoms with Crippen LogP contribution in [0.2, 0.25) is 36.3 Å². The zero-order valence-electron chi connectivity index (χ0n) is 72.1.